The molecule has 1 unspecified atom stereocenters. The molecule has 33 heavy (non-hydrogen) atoms. The third-order valence-corrected chi connectivity index (χ3v) is 7.04. The summed E-state index contributed by atoms with van der Waals surface area (Å²) in [6, 6.07) is 10.8. The van der Waals surface area contributed by atoms with Crippen LogP contribution in [0.4, 0.5) is 5.88 Å². The zero-order chi connectivity index (χ0) is 23.0. The number of anilines is 1. The average Bonchev–Trinajstić information content (AvgIpc) is 3.26. The monoisotopic (exact) mass is 471 g/mol. The van der Waals surface area contributed by atoms with E-state index in [1.165, 1.54) is 19.3 Å². The third kappa shape index (κ3) is 6.05. The van der Waals surface area contributed by atoms with E-state index in [0.717, 1.165) is 80.3 Å². The van der Waals surface area contributed by atoms with E-state index < -0.39 is 0 Å². The van der Waals surface area contributed by atoms with Crippen LogP contribution in [0.15, 0.2) is 34.9 Å². The van der Waals surface area contributed by atoms with E-state index >= 15 is 0 Å². The van der Waals surface area contributed by atoms with Crippen LogP contribution in [0.2, 0.25) is 0 Å². The standard InChI is InChI=1S/C25H37N5O2S/c1-3-26-25(33)29(14-13-28-15-17-31-18-16-28)19-22-23(21-10-5-4-6-11-21)27-32-24(22)30-12-8-7-9-20(30)2/h4-6,10-11,20H,3,7-9,12-19H2,1-2H3,(H,26,33). The maximum Gasteiger partial charge on any atom is 0.233 e. The number of ether oxygens (including phenoxy) is 1. The Morgan fingerprint density at radius 1 is 1.18 bits per heavy atom. The topological polar surface area (TPSA) is 57.0 Å². The van der Waals surface area contributed by atoms with Gasteiger partial charge in [0.2, 0.25) is 5.88 Å². The molecule has 2 saturated heterocycles. The molecular formula is C25H37N5O2S. The van der Waals surface area contributed by atoms with Crippen LogP contribution in [0.3, 0.4) is 0 Å². The average molecular weight is 472 g/mol. The lowest BCUT2D eigenvalue weighted by molar-refractivity contribution is 0.0357. The Labute approximate surface area is 203 Å². The second-order valence-electron chi connectivity index (χ2n) is 8.93. The number of thiocarbonyl (C=S) groups is 1. The van der Waals surface area contributed by atoms with E-state index in [0.29, 0.717) is 12.6 Å². The van der Waals surface area contributed by atoms with Gasteiger partial charge in [0.15, 0.2) is 5.11 Å². The number of piperidine rings is 1. The van der Waals surface area contributed by atoms with E-state index in [1.807, 2.05) is 6.07 Å². The van der Waals surface area contributed by atoms with Gasteiger partial charge in [-0.2, -0.15) is 0 Å². The molecule has 0 bridgehead atoms. The highest BCUT2D eigenvalue weighted by Crippen LogP contribution is 2.35. The zero-order valence-corrected chi connectivity index (χ0v) is 20.8. The molecule has 1 aromatic carbocycles. The van der Waals surface area contributed by atoms with Gasteiger partial charge in [-0.05, 0) is 45.3 Å². The van der Waals surface area contributed by atoms with Crippen molar-refractivity contribution in [3.8, 4) is 11.3 Å². The number of benzene rings is 1. The lowest BCUT2D eigenvalue weighted by Crippen LogP contribution is -2.46. The van der Waals surface area contributed by atoms with Crippen LogP contribution in [-0.4, -0.2) is 78.6 Å². The summed E-state index contributed by atoms with van der Waals surface area (Å²) in [6.07, 6.45) is 3.63. The summed E-state index contributed by atoms with van der Waals surface area (Å²) >= 11 is 5.80. The number of aromatic nitrogens is 1. The summed E-state index contributed by atoms with van der Waals surface area (Å²) in [4.78, 5) is 7.12. The van der Waals surface area contributed by atoms with Gasteiger partial charge in [-0.15, -0.1) is 0 Å². The van der Waals surface area contributed by atoms with E-state index in [1.54, 1.807) is 0 Å². The SMILES string of the molecule is CCNC(=S)N(CCN1CCOCC1)Cc1c(-c2ccccc2)noc1N1CCCCC1C. The number of rotatable bonds is 8. The minimum Gasteiger partial charge on any atom is -0.379 e. The molecule has 0 amide bonds. The van der Waals surface area contributed by atoms with Crippen molar-refractivity contribution in [2.75, 3.05) is 57.4 Å². The first-order valence-electron chi connectivity index (χ1n) is 12.3. The first-order valence-corrected chi connectivity index (χ1v) is 12.7. The molecule has 3 heterocycles. The van der Waals surface area contributed by atoms with Crippen LogP contribution >= 0.6 is 12.2 Å². The van der Waals surface area contributed by atoms with Crippen molar-refractivity contribution < 1.29 is 9.26 Å². The van der Waals surface area contributed by atoms with Crippen molar-refractivity contribution in [2.24, 2.45) is 0 Å². The van der Waals surface area contributed by atoms with Gasteiger partial charge in [0.1, 0.15) is 5.69 Å². The summed E-state index contributed by atoms with van der Waals surface area (Å²) in [7, 11) is 0. The zero-order valence-electron chi connectivity index (χ0n) is 20.0. The quantitative estimate of drug-likeness (QED) is 0.585. The van der Waals surface area contributed by atoms with Crippen LogP contribution < -0.4 is 10.2 Å². The van der Waals surface area contributed by atoms with Gasteiger partial charge >= 0.3 is 0 Å². The highest BCUT2D eigenvalue weighted by molar-refractivity contribution is 7.80. The number of nitrogens with zero attached hydrogens (tertiary/aromatic N) is 4. The lowest BCUT2D eigenvalue weighted by atomic mass is 10.0. The molecule has 0 spiro atoms. The third-order valence-electron chi connectivity index (χ3n) is 6.63. The van der Waals surface area contributed by atoms with Crippen LogP contribution in [-0.2, 0) is 11.3 Å². The molecule has 0 radical (unpaired) electrons. The fraction of sp³-hybridized carbons (Fsp3) is 0.600. The summed E-state index contributed by atoms with van der Waals surface area (Å²) in [5.74, 6) is 0.900. The van der Waals surface area contributed by atoms with Crippen molar-refractivity contribution >= 4 is 23.2 Å². The largest absolute Gasteiger partial charge is 0.379 e. The first-order chi connectivity index (χ1) is 16.2. The van der Waals surface area contributed by atoms with Crippen molar-refractivity contribution in [1.82, 2.24) is 20.3 Å². The predicted molar refractivity (Wildman–Crippen MR) is 137 cm³/mol. The lowest BCUT2D eigenvalue weighted by Gasteiger charge is -2.35. The molecule has 1 atom stereocenters. The van der Waals surface area contributed by atoms with Gasteiger partial charge in [-0.25, -0.2) is 0 Å². The molecule has 2 aliphatic heterocycles. The summed E-state index contributed by atoms with van der Waals surface area (Å²) in [6.45, 7) is 12.2. The minimum absolute atomic E-state index is 0.441. The highest BCUT2D eigenvalue weighted by atomic mass is 32.1. The van der Waals surface area contributed by atoms with Gasteiger partial charge in [-0.1, -0.05) is 35.5 Å². The number of morpholine rings is 1. The molecule has 1 N–H and O–H groups in total. The fourth-order valence-electron chi connectivity index (χ4n) is 4.68. The molecule has 0 aliphatic carbocycles. The highest BCUT2D eigenvalue weighted by Gasteiger charge is 2.29. The molecule has 7 nitrogen and oxygen atoms in total. The van der Waals surface area contributed by atoms with Gasteiger partial charge < -0.3 is 24.4 Å². The Balaban J connectivity index is 1.62. The van der Waals surface area contributed by atoms with Crippen molar-refractivity contribution in [1.29, 1.82) is 0 Å². The summed E-state index contributed by atoms with van der Waals surface area (Å²) in [5, 5.41) is 8.71. The van der Waals surface area contributed by atoms with E-state index in [-0.39, 0.29) is 0 Å². The smallest absolute Gasteiger partial charge is 0.233 e. The number of hydrogen-bond acceptors (Lipinski definition) is 6. The van der Waals surface area contributed by atoms with E-state index in [9.17, 15) is 0 Å². The minimum atomic E-state index is 0.441. The Morgan fingerprint density at radius 3 is 2.70 bits per heavy atom. The Morgan fingerprint density at radius 2 is 1.97 bits per heavy atom. The summed E-state index contributed by atoms with van der Waals surface area (Å²) < 4.78 is 11.6. The van der Waals surface area contributed by atoms with Crippen LogP contribution in [0.5, 0.6) is 0 Å². The molecule has 180 valence electrons. The van der Waals surface area contributed by atoms with Crippen LogP contribution in [0, 0.1) is 0 Å². The number of hydrogen-bond donors (Lipinski definition) is 1. The summed E-state index contributed by atoms with van der Waals surface area (Å²) in [5.41, 5.74) is 3.12. The van der Waals surface area contributed by atoms with Gasteiger partial charge in [0, 0.05) is 50.9 Å². The molecule has 0 saturated carbocycles. The Kier molecular flexibility index (Phi) is 8.58. The molecule has 2 aromatic rings. The predicted octanol–water partition coefficient (Wildman–Crippen LogP) is 3.75. The molecular weight excluding hydrogens is 434 g/mol. The molecule has 2 fully saturated rings. The first kappa shape index (κ1) is 24.0. The van der Waals surface area contributed by atoms with Crippen LogP contribution in [0.1, 0.15) is 38.7 Å². The number of nitrogens with one attached hydrogen (secondary N) is 1. The second kappa shape index (κ2) is 11.8. The maximum absolute atomic E-state index is 6.05. The van der Waals surface area contributed by atoms with E-state index in [4.69, 9.17) is 21.5 Å². The van der Waals surface area contributed by atoms with Gasteiger partial charge in [0.25, 0.3) is 0 Å². The Hall–Kier alpha value is -2.16. The van der Waals surface area contributed by atoms with Crippen molar-refractivity contribution in [3.05, 3.63) is 35.9 Å². The van der Waals surface area contributed by atoms with Crippen LogP contribution in [0.25, 0.3) is 11.3 Å². The van der Waals surface area contributed by atoms with Crippen molar-refractivity contribution in [2.45, 2.75) is 45.7 Å². The van der Waals surface area contributed by atoms with E-state index in [2.05, 4.69) is 63.3 Å². The molecule has 2 aliphatic rings. The second-order valence-corrected chi connectivity index (χ2v) is 9.32. The van der Waals surface area contributed by atoms with Crippen molar-refractivity contribution in [3.63, 3.8) is 0 Å². The Bertz CT molecular complexity index is 884. The normalized spacial score (nSPS) is 19.5. The molecule has 8 heteroatoms. The fourth-order valence-corrected chi connectivity index (χ4v) is 4.98. The molecule has 4 rings (SSSR count). The van der Waals surface area contributed by atoms with Gasteiger partial charge in [0.05, 0.1) is 25.3 Å². The maximum atomic E-state index is 6.05. The van der Waals surface area contributed by atoms with Gasteiger partial charge in [-0.3, -0.25) is 4.90 Å². The molecule has 1 aromatic heterocycles.